The lowest BCUT2D eigenvalue weighted by atomic mass is 9.98. The summed E-state index contributed by atoms with van der Waals surface area (Å²) in [7, 11) is 1.51. The molecule has 114 valence electrons. The molecule has 21 heavy (non-hydrogen) atoms. The summed E-state index contributed by atoms with van der Waals surface area (Å²) >= 11 is 0. The third-order valence-electron chi connectivity index (χ3n) is 4.35. The third kappa shape index (κ3) is 3.77. The van der Waals surface area contributed by atoms with Crippen LogP contribution in [0.3, 0.4) is 0 Å². The van der Waals surface area contributed by atoms with Crippen LogP contribution in [0.1, 0.15) is 36.0 Å². The summed E-state index contributed by atoms with van der Waals surface area (Å²) in [6.07, 6.45) is 5.16. The number of carbonyl (C=O) groups excluding carboxylic acids is 1. The van der Waals surface area contributed by atoms with Crippen LogP contribution in [0.25, 0.3) is 0 Å². The van der Waals surface area contributed by atoms with E-state index in [-0.39, 0.29) is 10.8 Å². The van der Waals surface area contributed by atoms with Crippen LogP contribution in [0.2, 0.25) is 0 Å². The largest absolute Gasteiger partial charge is 0.352 e. The molecule has 0 spiro atoms. The number of benzene rings is 1. The average molecular weight is 328 g/mol. The van der Waals surface area contributed by atoms with Crippen molar-refractivity contribution in [2.24, 2.45) is 17.8 Å². The van der Waals surface area contributed by atoms with Gasteiger partial charge in [0.15, 0.2) is 0 Å². The maximum Gasteiger partial charge on any atom is 0.261 e. The van der Waals surface area contributed by atoms with E-state index in [9.17, 15) is 13.2 Å². The molecular weight excluding hydrogens is 310 g/mol. The quantitative estimate of drug-likeness (QED) is 0.817. The lowest BCUT2D eigenvalue weighted by molar-refractivity contribution is 0.0943. The van der Waals surface area contributed by atoms with Gasteiger partial charge < -0.3 is 5.32 Å². The first kappa shape index (κ1) is 14.9. The predicted octanol–water partition coefficient (Wildman–Crippen LogP) is 2.78. The molecule has 2 aliphatic carbocycles. The number of rotatable bonds is 6. The van der Waals surface area contributed by atoms with Crippen LogP contribution in [-0.4, -0.2) is 20.9 Å². The van der Waals surface area contributed by atoms with E-state index in [1.54, 1.807) is 0 Å². The maximum atomic E-state index is 12.1. The molecule has 1 aromatic carbocycles. The first-order valence-corrected chi connectivity index (χ1v) is 9.59. The highest BCUT2D eigenvalue weighted by Crippen LogP contribution is 2.48. The first-order valence-electron chi connectivity index (χ1n) is 7.28. The second-order valence-electron chi connectivity index (χ2n) is 6.01. The van der Waals surface area contributed by atoms with Crippen molar-refractivity contribution in [2.75, 3.05) is 6.54 Å². The molecule has 3 rings (SSSR count). The lowest BCUT2D eigenvalue weighted by Crippen LogP contribution is -2.31. The molecule has 1 amide bonds. The minimum atomic E-state index is -3.74. The van der Waals surface area contributed by atoms with Gasteiger partial charge in [0.25, 0.3) is 15.0 Å². The maximum absolute atomic E-state index is 12.1. The van der Waals surface area contributed by atoms with Crippen molar-refractivity contribution in [3.8, 4) is 0 Å². The normalized spacial score (nSPS) is 18.8. The van der Waals surface area contributed by atoms with Crippen molar-refractivity contribution < 1.29 is 13.2 Å². The van der Waals surface area contributed by atoms with Crippen molar-refractivity contribution in [1.82, 2.24) is 5.32 Å². The monoisotopic (exact) mass is 327 g/mol. The number of halogens is 1. The number of carbonyl (C=O) groups is 1. The Bertz CT molecular complexity index is 621. The minimum Gasteiger partial charge on any atom is -0.352 e. The Morgan fingerprint density at radius 2 is 1.67 bits per heavy atom. The fourth-order valence-corrected chi connectivity index (χ4v) is 3.62. The van der Waals surface area contributed by atoms with Crippen LogP contribution >= 0.6 is 10.7 Å². The fourth-order valence-electron chi connectivity index (χ4n) is 2.85. The first-order chi connectivity index (χ1) is 9.95. The standard InChI is InChI=1S/C15H18ClNO3S/c16-21(19,20)13-7-5-12(6-8-13)15(18)17-9-14(10-1-2-10)11-3-4-11/h5-8,10-11,14H,1-4,9H2,(H,17,18). The Labute approximate surface area is 129 Å². The van der Waals surface area contributed by atoms with E-state index in [0.29, 0.717) is 11.5 Å². The highest BCUT2D eigenvalue weighted by atomic mass is 35.7. The Kier molecular flexibility index (Phi) is 3.97. The minimum absolute atomic E-state index is 0.00885. The summed E-state index contributed by atoms with van der Waals surface area (Å²) in [5, 5.41) is 2.98. The summed E-state index contributed by atoms with van der Waals surface area (Å²) in [6.45, 7) is 0.726. The van der Waals surface area contributed by atoms with Gasteiger partial charge >= 0.3 is 0 Å². The van der Waals surface area contributed by atoms with Gasteiger partial charge in [-0.05, 0) is 67.7 Å². The smallest absolute Gasteiger partial charge is 0.261 e. The van der Waals surface area contributed by atoms with Crippen molar-refractivity contribution in [3.63, 3.8) is 0 Å². The van der Waals surface area contributed by atoms with E-state index in [1.807, 2.05) is 0 Å². The van der Waals surface area contributed by atoms with Crippen LogP contribution < -0.4 is 5.32 Å². The number of hydrogen-bond donors (Lipinski definition) is 1. The second-order valence-corrected chi connectivity index (χ2v) is 8.58. The molecule has 1 N–H and O–H groups in total. The summed E-state index contributed by atoms with van der Waals surface area (Å²) in [5.41, 5.74) is 0.462. The molecular formula is C15H18ClNO3S. The summed E-state index contributed by atoms with van der Waals surface area (Å²) < 4.78 is 22.3. The van der Waals surface area contributed by atoms with Gasteiger partial charge in [0.2, 0.25) is 0 Å². The fraction of sp³-hybridized carbons (Fsp3) is 0.533. The van der Waals surface area contributed by atoms with Crippen molar-refractivity contribution in [2.45, 2.75) is 30.6 Å². The van der Waals surface area contributed by atoms with Gasteiger partial charge in [-0.1, -0.05) is 0 Å². The molecule has 2 aliphatic rings. The van der Waals surface area contributed by atoms with Crippen LogP contribution in [0.5, 0.6) is 0 Å². The summed E-state index contributed by atoms with van der Waals surface area (Å²) in [6, 6.07) is 5.70. The van der Waals surface area contributed by atoms with Crippen LogP contribution in [0.4, 0.5) is 0 Å². The summed E-state index contributed by atoms with van der Waals surface area (Å²) in [5.74, 6) is 2.05. The van der Waals surface area contributed by atoms with Gasteiger partial charge in [-0.25, -0.2) is 8.42 Å². The van der Waals surface area contributed by atoms with E-state index in [2.05, 4.69) is 5.32 Å². The molecule has 2 saturated carbocycles. The molecule has 4 nitrogen and oxygen atoms in total. The SMILES string of the molecule is O=C(NCC(C1CC1)C1CC1)c1ccc(S(=O)(=O)Cl)cc1. The zero-order chi connectivity index (χ0) is 15.0. The van der Waals surface area contributed by atoms with Gasteiger partial charge in [-0.15, -0.1) is 0 Å². The van der Waals surface area contributed by atoms with Crippen molar-refractivity contribution in [1.29, 1.82) is 0 Å². The molecule has 0 atom stereocenters. The topological polar surface area (TPSA) is 63.2 Å². The van der Waals surface area contributed by atoms with Crippen LogP contribution in [-0.2, 0) is 9.05 Å². The van der Waals surface area contributed by atoms with Gasteiger partial charge in [0.1, 0.15) is 0 Å². The van der Waals surface area contributed by atoms with Crippen LogP contribution in [0.15, 0.2) is 29.2 Å². The molecule has 0 aromatic heterocycles. The van der Waals surface area contributed by atoms with Crippen molar-refractivity contribution in [3.05, 3.63) is 29.8 Å². The Morgan fingerprint density at radius 1 is 1.14 bits per heavy atom. The molecule has 0 saturated heterocycles. The Balaban J connectivity index is 1.59. The molecule has 2 fully saturated rings. The van der Waals surface area contributed by atoms with E-state index >= 15 is 0 Å². The molecule has 6 heteroatoms. The second kappa shape index (κ2) is 5.61. The summed E-state index contributed by atoms with van der Waals surface area (Å²) in [4.78, 5) is 12.1. The number of nitrogens with one attached hydrogen (secondary N) is 1. The Morgan fingerprint density at radius 3 is 2.10 bits per heavy atom. The van der Waals surface area contributed by atoms with Crippen LogP contribution in [0, 0.1) is 17.8 Å². The number of amides is 1. The molecule has 0 heterocycles. The van der Waals surface area contributed by atoms with Gasteiger partial charge in [0.05, 0.1) is 4.90 Å². The van der Waals surface area contributed by atoms with Crippen molar-refractivity contribution >= 4 is 25.6 Å². The third-order valence-corrected chi connectivity index (χ3v) is 5.72. The predicted molar refractivity (Wildman–Crippen MR) is 80.8 cm³/mol. The molecule has 0 radical (unpaired) electrons. The lowest BCUT2D eigenvalue weighted by Gasteiger charge is -2.16. The van der Waals surface area contributed by atoms with E-state index in [0.717, 1.165) is 18.4 Å². The average Bonchev–Trinajstić information content (AvgIpc) is 3.31. The highest BCUT2D eigenvalue weighted by molar-refractivity contribution is 8.13. The molecule has 0 aliphatic heterocycles. The number of hydrogen-bond acceptors (Lipinski definition) is 3. The molecule has 0 unspecified atom stereocenters. The van der Waals surface area contributed by atoms with Gasteiger partial charge in [-0.2, -0.15) is 0 Å². The van der Waals surface area contributed by atoms with E-state index in [4.69, 9.17) is 10.7 Å². The van der Waals surface area contributed by atoms with E-state index in [1.165, 1.54) is 49.9 Å². The zero-order valence-electron chi connectivity index (χ0n) is 11.6. The highest BCUT2D eigenvalue weighted by Gasteiger charge is 2.41. The Hall–Kier alpha value is -1.07. The van der Waals surface area contributed by atoms with Gasteiger partial charge in [0, 0.05) is 22.8 Å². The molecule has 1 aromatic rings. The molecule has 0 bridgehead atoms. The zero-order valence-corrected chi connectivity index (χ0v) is 13.2. The van der Waals surface area contributed by atoms with E-state index < -0.39 is 9.05 Å². The van der Waals surface area contributed by atoms with Gasteiger partial charge in [-0.3, -0.25) is 4.79 Å².